The molecule has 0 radical (unpaired) electrons. The number of halogens is 1. The molecule has 1 heterocycles. The fraction of sp³-hybridized carbons (Fsp3) is 0.650. The van der Waals surface area contributed by atoms with Crippen LogP contribution in [-0.2, 0) is 4.79 Å². The topological polar surface area (TPSA) is 36.8 Å². The van der Waals surface area contributed by atoms with Gasteiger partial charge in [0.2, 0.25) is 0 Å². The molecule has 2 N–H and O–H groups in total. The van der Waals surface area contributed by atoms with Gasteiger partial charge in [-0.3, -0.25) is 4.79 Å². The molecule has 2 fully saturated rings. The Balaban J connectivity index is 1.46. The first-order chi connectivity index (χ1) is 12.0. The van der Waals surface area contributed by atoms with Crippen LogP contribution >= 0.6 is 11.6 Å². The number of anilines is 1. The van der Waals surface area contributed by atoms with Gasteiger partial charge in [0, 0.05) is 6.04 Å². The monoisotopic (exact) mass is 364 g/mol. The highest BCUT2D eigenvalue weighted by atomic mass is 35.5. The van der Waals surface area contributed by atoms with E-state index in [1.807, 2.05) is 18.2 Å². The maximum Gasteiger partial charge on any atom is 0.275 e. The third-order valence-electron chi connectivity index (χ3n) is 6.13. The number of hydrogen-bond donors (Lipinski definition) is 2. The van der Waals surface area contributed by atoms with Crippen molar-refractivity contribution in [2.24, 2.45) is 11.8 Å². The van der Waals surface area contributed by atoms with Crippen LogP contribution in [-0.4, -0.2) is 44.7 Å². The molecule has 1 aromatic carbocycles. The molecule has 3 atom stereocenters. The number of piperazine rings is 1. The van der Waals surface area contributed by atoms with Gasteiger partial charge in [0.25, 0.3) is 5.91 Å². The number of rotatable bonds is 4. The second-order valence-corrected chi connectivity index (χ2v) is 8.21. The van der Waals surface area contributed by atoms with E-state index in [1.54, 1.807) is 0 Å². The van der Waals surface area contributed by atoms with E-state index in [-0.39, 0.29) is 5.91 Å². The number of amides is 1. The number of carbonyl (C=O) groups is 1. The summed E-state index contributed by atoms with van der Waals surface area (Å²) in [5.74, 6) is 1.52. The number of nitrogens with one attached hydrogen (secondary N) is 2. The van der Waals surface area contributed by atoms with Crippen LogP contribution in [0.2, 0.25) is 5.02 Å². The van der Waals surface area contributed by atoms with Crippen LogP contribution in [0.25, 0.3) is 0 Å². The van der Waals surface area contributed by atoms with Crippen molar-refractivity contribution in [3.63, 3.8) is 0 Å². The van der Waals surface area contributed by atoms with Crippen LogP contribution in [0, 0.1) is 11.8 Å². The van der Waals surface area contributed by atoms with Crippen LogP contribution < -0.4 is 15.1 Å². The lowest BCUT2D eigenvalue weighted by molar-refractivity contribution is -0.892. The highest BCUT2D eigenvalue weighted by Gasteiger charge is 2.30. The maximum atomic E-state index is 12.5. The van der Waals surface area contributed by atoms with Crippen molar-refractivity contribution in [2.45, 2.75) is 39.2 Å². The van der Waals surface area contributed by atoms with E-state index in [9.17, 15) is 4.79 Å². The molecule has 0 unspecified atom stereocenters. The minimum Gasteiger partial charge on any atom is -0.359 e. The zero-order valence-corrected chi connectivity index (χ0v) is 16.2. The Hall–Kier alpha value is -1.26. The number of hydrogen-bond acceptors (Lipinski definition) is 2. The molecule has 0 bridgehead atoms. The number of benzene rings is 1. The summed E-state index contributed by atoms with van der Waals surface area (Å²) in [5, 5.41) is 4.11. The Kier molecular flexibility index (Phi) is 6.24. The second-order valence-electron chi connectivity index (χ2n) is 7.81. The van der Waals surface area contributed by atoms with Crippen molar-refractivity contribution < 1.29 is 9.69 Å². The molecule has 3 rings (SSSR count). The normalized spacial score (nSPS) is 28.0. The van der Waals surface area contributed by atoms with Crippen molar-refractivity contribution >= 4 is 23.2 Å². The zero-order valence-electron chi connectivity index (χ0n) is 15.4. The van der Waals surface area contributed by atoms with Crippen LogP contribution in [0.3, 0.4) is 0 Å². The smallest absolute Gasteiger partial charge is 0.275 e. The molecule has 4 nitrogen and oxygen atoms in total. The third-order valence-corrected chi connectivity index (χ3v) is 6.45. The van der Waals surface area contributed by atoms with Gasteiger partial charge >= 0.3 is 0 Å². The van der Waals surface area contributed by atoms with Gasteiger partial charge in [-0.1, -0.05) is 50.4 Å². The molecule has 2 aliphatic rings. The van der Waals surface area contributed by atoms with Gasteiger partial charge in [-0.15, -0.1) is 0 Å². The fourth-order valence-electron chi connectivity index (χ4n) is 4.22. The largest absolute Gasteiger partial charge is 0.359 e. The molecule has 5 heteroatoms. The average Bonchev–Trinajstić information content (AvgIpc) is 2.60. The Morgan fingerprint density at radius 2 is 1.96 bits per heavy atom. The Morgan fingerprint density at radius 1 is 1.24 bits per heavy atom. The molecule has 138 valence electrons. The summed E-state index contributed by atoms with van der Waals surface area (Å²) in [6.45, 7) is 9.04. The van der Waals surface area contributed by atoms with Crippen molar-refractivity contribution in [2.75, 3.05) is 37.6 Å². The summed E-state index contributed by atoms with van der Waals surface area (Å²) in [7, 11) is 0. The van der Waals surface area contributed by atoms with Gasteiger partial charge in [0.1, 0.15) is 0 Å². The van der Waals surface area contributed by atoms with Gasteiger partial charge in [-0.2, -0.15) is 0 Å². The molecular formula is C20H31ClN3O+. The maximum absolute atomic E-state index is 12.5. The number of quaternary nitrogens is 1. The van der Waals surface area contributed by atoms with E-state index < -0.39 is 0 Å². The van der Waals surface area contributed by atoms with Gasteiger partial charge in [-0.25, -0.2) is 0 Å². The molecule has 1 aliphatic carbocycles. The molecule has 0 spiro atoms. The van der Waals surface area contributed by atoms with E-state index in [0.29, 0.717) is 24.4 Å². The Morgan fingerprint density at radius 3 is 2.68 bits per heavy atom. The van der Waals surface area contributed by atoms with Crippen molar-refractivity contribution in [3.05, 3.63) is 29.3 Å². The van der Waals surface area contributed by atoms with Crippen LogP contribution in [0.1, 0.15) is 33.1 Å². The highest BCUT2D eigenvalue weighted by molar-refractivity contribution is 6.33. The van der Waals surface area contributed by atoms with Crippen LogP contribution in [0.5, 0.6) is 0 Å². The molecule has 0 aromatic heterocycles. The molecule has 1 aliphatic heterocycles. The lowest BCUT2D eigenvalue weighted by Gasteiger charge is -2.36. The lowest BCUT2D eigenvalue weighted by Crippen LogP contribution is -3.16. The van der Waals surface area contributed by atoms with Gasteiger partial charge < -0.3 is 15.1 Å². The molecule has 1 saturated carbocycles. The summed E-state index contributed by atoms with van der Waals surface area (Å²) in [4.78, 5) is 16.2. The first-order valence-electron chi connectivity index (χ1n) is 9.67. The molecule has 1 saturated heterocycles. The van der Waals surface area contributed by atoms with Crippen molar-refractivity contribution in [1.29, 1.82) is 0 Å². The predicted molar refractivity (Wildman–Crippen MR) is 103 cm³/mol. The summed E-state index contributed by atoms with van der Waals surface area (Å²) in [6.07, 6.45) is 3.66. The molecular weight excluding hydrogens is 334 g/mol. The lowest BCUT2D eigenvalue weighted by atomic mass is 9.78. The van der Waals surface area contributed by atoms with E-state index in [4.69, 9.17) is 11.6 Å². The van der Waals surface area contributed by atoms with E-state index in [1.165, 1.54) is 17.7 Å². The van der Waals surface area contributed by atoms with E-state index >= 15 is 0 Å². The minimum absolute atomic E-state index is 0.215. The SMILES string of the molecule is C[C@@H]1[C@H](C)CCC[C@H]1NC(=O)C[NH+]1CCN(c2ccccc2Cl)CC1. The minimum atomic E-state index is 0.215. The Bertz CT molecular complexity index is 586. The first-order valence-corrected chi connectivity index (χ1v) is 10.0. The number of para-hydroxylation sites is 1. The van der Waals surface area contributed by atoms with Gasteiger partial charge in [0.15, 0.2) is 6.54 Å². The summed E-state index contributed by atoms with van der Waals surface area (Å²) >= 11 is 6.30. The first kappa shape index (κ1) is 18.5. The molecule has 25 heavy (non-hydrogen) atoms. The van der Waals surface area contributed by atoms with Gasteiger partial charge in [0.05, 0.1) is 36.9 Å². The fourth-order valence-corrected chi connectivity index (χ4v) is 4.47. The summed E-state index contributed by atoms with van der Waals surface area (Å²) in [5.41, 5.74) is 1.11. The van der Waals surface area contributed by atoms with Crippen molar-refractivity contribution in [3.8, 4) is 0 Å². The average molecular weight is 365 g/mol. The number of carbonyl (C=O) groups excluding carboxylic acids is 1. The standard InChI is InChI=1S/C20H30ClN3O/c1-15-6-5-8-18(16(15)2)22-20(25)14-23-10-12-24(13-11-23)19-9-4-3-7-17(19)21/h3-4,7,9,15-16,18H,5-6,8,10-14H2,1-2H3,(H,22,25)/p+1/t15-,16-,18-/m1/s1. The molecule has 1 amide bonds. The van der Waals surface area contributed by atoms with Crippen molar-refractivity contribution in [1.82, 2.24) is 5.32 Å². The van der Waals surface area contributed by atoms with Crippen LogP contribution in [0.4, 0.5) is 5.69 Å². The predicted octanol–water partition coefficient (Wildman–Crippen LogP) is 1.99. The number of nitrogens with zero attached hydrogens (tertiary/aromatic N) is 1. The third kappa shape index (κ3) is 4.68. The summed E-state index contributed by atoms with van der Waals surface area (Å²) in [6, 6.07) is 8.37. The Labute approximate surface area is 156 Å². The van der Waals surface area contributed by atoms with E-state index in [2.05, 4.69) is 30.1 Å². The zero-order chi connectivity index (χ0) is 17.8. The van der Waals surface area contributed by atoms with Crippen LogP contribution in [0.15, 0.2) is 24.3 Å². The highest BCUT2D eigenvalue weighted by Crippen LogP contribution is 2.29. The quantitative estimate of drug-likeness (QED) is 0.857. The van der Waals surface area contributed by atoms with E-state index in [0.717, 1.165) is 43.3 Å². The summed E-state index contributed by atoms with van der Waals surface area (Å²) < 4.78 is 0. The second kappa shape index (κ2) is 8.41. The molecule has 1 aromatic rings. The van der Waals surface area contributed by atoms with Gasteiger partial charge in [-0.05, 0) is 30.4 Å².